The molecule has 0 spiro atoms. The van der Waals surface area contributed by atoms with Crippen LogP contribution in [-0.2, 0) is 0 Å². The fourth-order valence-corrected chi connectivity index (χ4v) is 1.42. The van der Waals surface area contributed by atoms with Gasteiger partial charge in [-0.1, -0.05) is 18.2 Å². The molecule has 0 aliphatic rings. The Morgan fingerprint density at radius 2 is 1.92 bits per heavy atom. The largest absolute Gasteiger partial charge is 0.217 e. The molecular weight excluding hydrogens is 182 g/mol. The molecule has 2 aromatic rings. The first-order chi connectivity index (χ1) is 6.27. The van der Waals surface area contributed by atoms with Gasteiger partial charge in [0.05, 0.1) is 5.69 Å². The monoisotopic (exact) mass is 191 g/mol. The van der Waals surface area contributed by atoms with E-state index in [9.17, 15) is 0 Å². The third-order valence-corrected chi connectivity index (χ3v) is 1.95. The normalized spacial score (nSPS) is 10.3. The zero-order valence-corrected chi connectivity index (χ0v) is 8.07. The Morgan fingerprint density at radius 1 is 1.23 bits per heavy atom. The first-order valence-corrected chi connectivity index (χ1v) is 4.40. The number of aryl methyl sites for hydroxylation is 1. The average Bonchev–Trinajstić information content (AvgIpc) is 2.47. The lowest BCUT2D eigenvalue weighted by atomic mass is 10.3. The van der Waals surface area contributed by atoms with E-state index < -0.39 is 0 Å². The van der Waals surface area contributed by atoms with Crippen molar-refractivity contribution in [1.82, 2.24) is 14.8 Å². The van der Waals surface area contributed by atoms with Crippen molar-refractivity contribution in [3.63, 3.8) is 0 Å². The van der Waals surface area contributed by atoms with Crippen molar-refractivity contribution >= 4 is 12.6 Å². The first kappa shape index (κ1) is 8.31. The molecule has 0 saturated heterocycles. The van der Waals surface area contributed by atoms with Gasteiger partial charge in [-0.2, -0.15) is 0 Å². The number of nitrogens with zero attached hydrogens (tertiary/aromatic N) is 3. The van der Waals surface area contributed by atoms with E-state index in [1.807, 2.05) is 37.3 Å². The van der Waals surface area contributed by atoms with Crippen LogP contribution in [-0.4, -0.2) is 14.8 Å². The Balaban J connectivity index is 2.53. The minimum absolute atomic E-state index is 0.501. The SMILES string of the molecule is Cc1nc(S)nn1-c1ccccc1. The van der Waals surface area contributed by atoms with Crippen LogP contribution in [0.5, 0.6) is 0 Å². The van der Waals surface area contributed by atoms with E-state index in [0.717, 1.165) is 11.5 Å². The molecule has 0 unspecified atom stereocenters. The molecule has 1 heterocycles. The van der Waals surface area contributed by atoms with Crippen molar-refractivity contribution in [1.29, 1.82) is 0 Å². The summed E-state index contributed by atoms with van der Waals surface area (Å²) in [5.41, 5.74) is 1.01. The summed E-state index contributed by atoms with van der Waals surface area (Å²) in [4.78, 5) is 4.10. The summed E-state index contributed by atoms with van der Waals surface area (Å²) in [7, 11) is 0. The second-order valence-corrected chi connectivity index (χ2v) is 3.11. The van der Waals surface area contributed by atoms with Crippen molar-refractivity contribution < 1.29 is 0 Å². The fourth-order valence-electron chi connectivity index (χ4n) is 1.19. The van der Waals surface area contributed by atoms with E-state index in [1.165, 1.54) is 0 Å². The van der Waals surface area contributed by atoms with Gasteiger partial charge < -0.3 is 0 Å². The Labute approximate surface area is 81.8 Å². The van der Waals surface area contributed by atoms with Crippen LogP contribution in [0.1, 0.15) is 5.82 Å². The molecule has 3 nitrogen and oxygen atoms in total. The highest BCUT2D eigenvalue weighted by Gasteiger charge is 2.03. The molecular formula is C9H9N3S. The highest BCUT2D eigenvalue weighted by Crippen LogP contribution is 2.09. The van der Waals surface area contributed by atoms with Gasteiger partial charge in [-0.25, -0.2) is 9.67 Å². The van der Waals surface area contributed by atoms with Crippen molar-refractivity contribution in [2.24, 2.45) is 0 Å². The van der Waals surface area contributed by atoms with Gasteiger partial charge in [0.1, 0.15) is 5.82 Å². The molecule has 66 valence electrons. The van der Waals surface area contributed by atoms with Gasteiger partial charge in [0.25, 0.3) is 0 Å². The summed E-state index contributed by atoms with van der Waals surface area (Å²) >= 11 is 4.08. The van der Waals surface area contributed by atoms with E-state index in [1.54, 1.807) is 4.68 Å². The average molecular weight is 191 g/mol. The quantitative estimate of drug-likeness (QED) is 0.697. The Hall–Kier alpha value is -1.29. The predicted molar refractivity (Wildman–Crippen MR) is 53.3 cm³/mol. The highest BCUT2D eigenvalue weighted by molar-refractivity contribution is 7.80. The van der Waals surface area contributed by atoms with Crippen LogP contribution in [0.15, 0.2) is 35.5 Å². The molecule has 0 amide bonds. The minimum Gasteiger partial charge on any atom is -0.217 e. The Bertz CT molecular complexity index is 408. The summed E-state index contributed by atoms with van der Waals surface area (Å²) in [6, 6.07) is 9.87. The van der Waals surface area contributed by atoms with Gasteiger partial charge in [-0.3, -0.25) is 0 Å². The number of benzene rings is 1. The van der Waals surface area contributed by atoms with Crippen LogP contribution in [0.2, 0.25) is 0 Å². The topological polar surface area (TPSA) is 30.7 Å². The fraction of sp³-hybridized carbons (Fsp3) is 0.111. The number of para-hydroxylation sites is 1. The smallest absolute Gasteiger partial charge is 0.206 e. The van der Waals surface area contributed by atoms with Crippen molar-refractivity contribution in [3.8, 4) is 5.69 Å². The predicted octanol–water partition coefficient (Wildman–Crippen LogP) is 1.86. The maximum absolute atomic E-state index is 4.15. The molecule has 2 rings (SSSR count). The van der Waals surface area contributed by atoms with Crippen LogP contribution in [0.4, 0.5) is 0 Å². The van der Waals surface area contributed by atoms with E-state index in [-0.39, 0.29) is 0 Å². The van der Waals surface area contributed by atoms with Gasteiger partial charge in [0, 0.05) is 0 Å². The van der Waals surface area contributed by atoms with Crippen molar-refractivity contribution in [2.75, 3.05) is 0 Å². The Kier molecular flexibility index (Phi) is 2.06. The molecule has 0 fully saturated rings. The van der Waals surface area contributed by atoms with Crippen LogP contribution in [0.3, 0.4) is 0 Å². The molecule has 0 atom stereocenters. The van der Waals surface area contributed by atoms with Crippen LogP contribution in [0.25, 0.3) is 5.69 Å². The van der Waals surface area contributed by atoms with E-state index in [4.69, 9.17) is 0 Å². The molecule has 13 heavy (non-hydrogen) atoms. The number of aromatic nitrogens is 3. The number of rotatable bonds is 1. The lowest BCUT2D eigenvalue weighted by Gasteiger charge is -2.00. The summed E-state index contributed by atoms with van der Waals surface area (Å²) in [6.07, 6.45) is 0. The molecule has 0 saturated carbocycles. The van der Waals surface area contributed by atoms with Crippen molar-refractivity contribution in [2.45, 2.75) is 12.1 Å². The maximum Gasteiger partial charge on any atom is 0.206 e. The number of hydrogen-bond donors (Lipinski definition) is 1. The third-order valence-electron chi connectivity index (χ3n) is 1.76. The lowest BCUT2D eigenvalue weighted by molar-refractivity contribution is 0.814. The third kappa shape index (κ3) is 1.58. The summed E-state index contributed by atoms with van der Waals surface area (Å²) in [6.45, 7) is 1.90. The molecule has 0 bridgehead atoms. The van der Waals surface area contributed by atoms with Gasteiger partial charge in [-0.05, 0) is 19.1 Å². The Morgan fingerprint density at radius 3 is 2.46 bits per heavy atom. The summed E-state index contributed by atoms with van der Waals surface area (Å²) in [5.74, 6) is 0.844. The van der Waals surface area contributed by atoms with Crippen LogP contribution in [0, 0.1) is 6.92 Å². The van der Waals surface area contributed by atoms with Crippen LogP contribution >= 0.6 is 12.6 Å². The number of thiol groups is 1. The second-order valence-electron chi connectivity index (χ2n) is 2.71. The molecule has 0 radical (unpaired) electrons. The minimum atomic E-state index is 0.501. The lowest BCUT2D eigenvalue weighted by Crippen LogP contribution is -1.98. The molecule has 0 aliphatic carbocycles. The molecule has 4 heteroatoms. The maximum atomic E-state index is 4.15. The molecule has 0 N–H and O–H groups in total. The van der Waals surface area contributed by atoms with Crippen molar-refractivity contribution in [3.05, 3.63) is 36.2 Å². The van der Waals surface area contributed by atoms with Crippen LogP contribution < -0.4 is 0 Å². The zero-order valence-electron chi connectivity index (χ0n) is 7.18. The molecule has 1 aromatic carbocycles. The second kappa shape index (κ2) is 3.22. The van der Waals surface area contributed by atoms with Gasteiger partial charge in [0.15, 0.2) is 0 Å². The van der Waals surface area contributed by atoms with Gasteiger partial charge >= 0.3 is 0 Å². The first-order valence-electron chi connectivity index (χ1n) is 3.95. The van der Waals surface area contributed by atoms with E-state index in [2.05, 4.69) is 22.7 Å². The van der Waals surface area contributed by atoms with E-state index >= 15 is 0 Å². The number of hydrogen-bond acceptors (Lipinski definition) is 3. The standard InChI is InChI=1S/C9H9N3S/c1-7-10-9(13)11-12(7)8-5-3-2-4-6-8/h2-6H,1H3,(H,11,13). The van der Waals surface area contributed by atoms with Gasteiger partial charge in [0.2, 0.25) is 5.16 Å². The van der Waals surface area contributed by atoms with E-state index in [0.29, 0.717) is 5.16 Å². The molecule has 1 aromatic heterocycles. The highest BCUT2D eigenvalue weighted by atomic mass is 32.1. The summed E-state index contributed by atoms with van der Waals surface area (Å²) in [5, 5.41) is 4.65. The molecule has 0 aliphatic heterocycles. The zero-order chi connectivity index (χ0) is 9.26. The van der Waals surface area contributed by atoms with Gasteiger partial charge in [-0.15, -0.1) is 17.7 Å². The summed E-state index contributed by atoms with van der Waals surface area (Å²) < 4.78 is 1.77.